The average Bonchev–Trinajstić information content (AvgIpc) is 2.16. The lowest BCUT2D eigenvalue weighted by molar-refractivity contribution is -0.0380. The Balaban J connectivity index is 2.22. The quantitative estimate of drug-likeness (QED) is 0.824. The third-order valence-corrected chi connectivity index (χ3v) is 3.15. The van der Waals surface area contributed by atoms with Gasteiger partial charge in [-0.25, -0.2) is 0 Å². The molecule has 3 nitrogen and oxygen atoms in total. The monoisotopic (exact) mass is 258 g/mol. The highest BCUT2D eigenvalue weighted by molar-refractivity contribution is 8.00. The maximum Gasteiger partial charge on any atom is 0.441 e. The molecule has 2 N–H and O–H groups in total. The van der Waals surface area contributed by atoms with Crippen molar-refractivity contribution < 1.29 is 17.9 Å². The first-order chi connectivity index (χ1) is 7.38. The van der Waals surface area contributed by atoms with Crippen molar-refractivity contribution in [3.8, 4) is 0 Å². The van der Waals surface area contributed by atoms with Gasteiger partial charge in [-0.15, -0.1) is 0 Å². The van der Waals surface area contributed by atoms with Crippen molar-refractivity contribution in [3.63, 3.8) is 0 Å². The maximum atomic E-state index is 11.9. The lowest BCUT2D eigenvalue weighted by Crippen LogP contribution is -2.50. The van der Waals surface area contributed by atoms with Gasteiger partial charge in [-0.1, -0.05) is 0 Å². The number of nitrogens with two attached hydrogens (primary N) is 1. The third-order valence-electron chi connectivity index (χ3n) is 2.44. The van der Waals surface area contributed by atoms with Crippen LogP contribution in [0, 0.1) is 0 Å². The molecule has 0 aromatic heterocycles. The molecule has 96 valence electrons. The maximum absolute atomic E-state index is 11.9. The van der Waals surface area contributed by atoms with Crippen molar-refractivity contribution >= 4 is 11.8 Å². The number of nitrogens with zero attached hydrogens (tertiary/aromatic N) is 1. The van der Waals surface area contributed by atoms with Gasteiger partial charge in [0.25, 0.3) is 0 Å². The zero-order valence-corrected chi connectivity index (χ0v) is 9.98. The van der Waals surface area contributed by atoms with Gasteiger partial charge < -0.3 is 10.5 Å². The molecular weight excluding hydrogens is 241 g/mol. The highest BCUT2D eigenvalue weighted by Gasteiger charge is 2.29. The van der Waals surface area contributed by atoms with Gasteiger partial charge in [-0.05, 0) is 18.7 Å². The van der Waals surface area contributed by atoms with Gasteiger partial charge in [0.2, 0.25) is 0 Å². The second-order valence-corrected chi connectivity index (χ2v) is 5.02. The molecule has 2 atom stereocenters. The molecule has 0 amide bonds. The number of rotatable bonds is 4. The van der Waals surface area contributed by atoms with Crippen LogP contribution in [0.4, 0.5) is 13.2 Å². The Labute approximate surface area is 97.5 Å². The molecule has 0 radical (unpaired) electrons. The molecule has 0 spiro atoms. The standard InChI is InChI=1S/C9H17F3N2OS/c1-7(13)8-6-14(2-4-15-8)3-5-16-9(10,11)12/h7-8H,2-6,13H2,1H3. The van der Waals surface area contributed by atoms with E-state index in [9.17, 15) is 13.2 Å². The summed E-state index contributed by atoms with van der Waals surface area (Å²) in [7, 11) is 0. The molecular formula is C9H17F3N2OS. The fourth-order valence-electron chi connectivity index (χ4n) is 1.54. The first-order valence-corrected chi connectivity index (χ1v) is 6.17. The van der Waals surface area contributed by atoms with Crippen LogP contribution in [0.15, 0.2) is 0 Å². The Bertz CT molecular complexity index is 213. The van der Waals surface area contributed by atoms with E-state index in [0.717, 1.165) is 0 Å². The van der Waals surface area contributed by atoms with Crippen molar-refractivity contribution in [1.82, 2.24) is 4.90 Å². The van der Waals surface area contributed by atoms with Crippen molar-refractivity contribution in [2.45, 2.75) is 24.6 Å². The number of hydrogen-bond acceptors (Lipinski definition) is 4. The van der Waals surface area contributed by atoms with Gasteiger partial charge in [0.1, 0.15) is 0 Å². The minimum absolute atomic E-state index is 0.0231. The van der Waals surface area contributed by atoms with E-state index in [1.807, 2.05) is 11.8 Å². The molecule has 7 heteroatoms. The number of hydrogen-bond donors (Lipinski definition) is 1. The Kier molecular flexibility index (Phi) is 5.36. The van der Waals surface area contributed by atoms with Crippen LogP contribution in [-0.2, 0) is 4.74 Å². The summed E-state index contributed by atoms with van der Waals surface area (Å²) < 4.78 is 41.2. The highest BCUT2D eigenvalue weighted by Crippen LogP contribution is 2.29. The number of thioether (sulfide) groups is 1. The first-order valence-electron chi connectivity index (χ1n) is 5.19. The molecule has 2 unspecified atom stereocenters. The van der Waals surface area contributed by atoms with Crippen molar-refractivity contribution in [2.75, 3.05) is 32.0 Å². The molecule has 0 aliphatic carbocycles. The van der Waals surface area contributed by atoms with Crippen LogP contribution < -0.4 is 5.73 Å². The molecule has 1 aliphatic heterocycles. The first kappa shape index (κ1) is 14.1. The van der Waals surface area contributed by atoms with Crippen LogP contribution in [0.1, 0.15) is 6.92 Å². The van der Waals surface area contributed by atoms with Crippen molar-refractivity contribution in [1.29, 1.82) is 0 Å². The molecule has 0 bridgehead atoms. The SMILES string of the molecule is CC(N)C1CN(CCSC(F)(F)F)CCO1. The lowest BCUT2D eigenvalue weighted by atomic mass is 10.1. The largest absolute Gasteiger partial charge is 0.441 e. The summed E-state index contributed by atoms with van der Waals surface area (Å²) in [4.78, 5) is 1.97. The predicted molar refractivity (Wildman–Crippen MR) is 58.3 cm³/mol. The van der Waals surface area contributed by atoms with Crippen molar-refractivity contribution in [3.05, 3.63) is 0 Å². The van der Waals surface area contributed by atoms with Crippen LogP contribution >= 0.6 is 11.8 Å². The lowest BCUT2D eigenvalue weighted by Gasteiger charge is -2.34. The average molecular weight is 258 g/mol. The predicted octanol–water partition coefficient (Wildman–Crippen LogP) is 1.29. The number of halogens is 3. The smallest absolute Gasteiger partial charge is 0.374 e. The summed E-state index contributed by atoms with van der Waals surface area (Å²) in [6, 6.07) is -0.0851. The van der Waals surface area contributed by atoms with E-state index in [1.165, 1.54) is 0 Å². The third kappa shape index (κ3) is 5.38. The van der Waals surface area contributed by atoms with E-state index in [4.69, 9.17) is 10.5 Å². The molecule has 1 aliphatic rings. The molecule has 1 saturated heterocycles. The molecule has 0 aromatic rings. The summed E-state index contributed by atoms with van der Waals surface area (Å²) in [6.07, 6.45) is -0.0652. The van der Waals surface area contributed by atoms with E-state index < -0.39 is 5.51 Å². The van der Waals surface area contributed by atoms with Gasteiger partial charge in [-0.2, -0.15) is 13.2 Å². The van der Waals surface area contributed by atoms with Crippen LogP contribution in [0.2, 0.25) is 0 Å². The fourth-order valence-corrected chi connectivity index (χ4v) is 2.12. The highest BCUT2D eigenvalue weighted by atomic mass is 32.2. The van der Waals surface area contributed by atoms with E-state index in [1.54, 1.807) is 0 Å². The fraction of sp³-hybridized carbons (Fsp3) is 1.00. The Morgan fingerprint density at radius 2 is 2.25 bits per heavy atom. The topological polar surface area (TPSA) is 38.5 Å². The van der Waals surface area contributed by atoms with Gasteiger partial charge in [0.15, 0.2) is 0 Å². The second-order valence-electron chi connectivity index (χ2n) is 3.86. The molecule has 0 aromatic carbocycles. The van der Waals surface area contributed by atoms with Crippen LogP contribution in [0.5, 0.6) is 0 Å². The number of morpholine rings is 1. The molecule has 1 heterocycles. The zero-order chi connectivity index (χ0) is 12.2. The van der Waals surface area contributed by atoms with Gasteiger partial charge in [0, 0.05) is 31.4 Å². The van der Waals surface area contributed by atoms with Crippen LogP contribution in [0.25, 0.3) is 0 Å². The van der Waals surface area contributed by atoms with Gasteiger partial charge in [0.05, 0.1) is 12.7 Å². The summed E-state index contributed by atoms with van der Waals surface area (Å²) >= 11 is 0.0231. The normalized spacial score (nSPS) is 25.7. The summed E-state index contributed by atoms with van der Waals surface area (Å²) in [6.45, 7) is 4.12. The van der Waals surface area contributed by atoms with Gasteiger partial charge >= 0.3 is 5.51 Å². The summed E-state index contributed by atoms with van der Waals surface area (Å²) in [5.74, 6) is 0.0647. The second kappa shape index (κ2) is 6.09. The summed E-state index contributed by atoms with van der Waals surface area (Å²) in [5, 5.41) is 0. The van der Waals surface area contributed by atoms with Gasteiger partial charge in [-0.3, -0.25) is 4.90 Å². The Morgan fingerprint density at radius 1 is 1.56 bits per heavy atom. The minimum Gasteiger partial charge on any atom is -0.374 e. The minimum atomic E-state index is -4.13. The molecule has 1 rings (SSSR count). The van der Waals surface area contributed by atoms with E-state index >= 15 is 0 Å². The van der Waals surface area contributed by atoms with Crippen LogP contribution in [0.3, 0.4) is 0 Å². The summed E-state index contributed by atoms with van der Waals surface area (Å²) in [5.41, 5.74) is 1.56. The van der Waals surface area contributed by atoms with E-state index in [0.29, 0.717) is 26.2 Å². The molecule has 1 fully saturated rings. The molecule has 0 saturated carbocycles. The van der Waals surface area contributed by atoms with E-state index in [-0.39, 0.29) is 29.7 Å². The zero-order valence-electron chi connectivity index (χ0n) is 9.17. The Hall–Kier alpha value is 0.0200. The Morgan fingerprint density at radius 3 is 2.81 bits per heavy atom. The number of ether oxygens (including phenoxy) is 1. The van der Waals surface area contributed by atoms with Crippen LogP contribution in [-0.4, -0.2) is 54.5 Å². The van der Waals surface area contributed by atoms with Crippen molar-refractivity contribution in [2.24, 2.45) is 5.73 Å². The van der Waals surface area contributed by atoms with E-state index in [2.05, 4.69) is 0 Å². The molecule has 16 heavy (non-hydrogen) atoms. The number of alkyl halides is 3.